The Bertz CT molecular complexity index is 1170. The number of aliphatic hydroxyl groups excluding tert-OH is 1. The molecule has 1 saturated carbocycles. The second kappa shape index (κ2) is 10.2. The Labute approximate surface area is 208 Å². The maximum absolute atomic E-state index is 13.0. The van der Waals surface area contributed by atoms with Gasteiger partial charge in [0.2, 0.25) is 5.95 Å². The zero-order chi connectivity index (χ0) is 23.7. The first-order chi connectivity index (χ1) is 16.5. The summed E-state index contributed by atoms with van der Waals surface area (Å²) in [5, 5.41) is 19.1. The van der Waals surface area contributed by atoms with Crippen LogP contribution in [0.1, 0.15) is 48.9 Å². The van der Waals surface area contributed by atoms with E-state index in [9.17, 15) is 9.90 Å². The SMILES string of the molecule is CN1CCC(C(=O)c2ccc(Nc3nc(NC4CCC(O)CC4)c4sccc4n3)cc2Cl)CC1. The Hall–Kier alpha value is -2.26. The molecular formula is C25H30ClN5O2S. The van der Waals surface area contributed by atoms with E-state index in [1.54, 1.807) is 23.5 Å². The molecule has 1 aliphatic heterocycles. The lowest BCUT2D eigenvalue weighted by atomic mass is 9.89. The van der Waals surface area contributed by atoms with Crippen LogP contribution in [0, 0.1) is 5.92 Å². The minimum Gasteiger partial charge on any atom is -0.393 e. The first kappa shape index (κ1) is 23.5. The molecule has 0 amide bonds. The van der Waals surface area contributed by atoms with Crippen LogP contribution in [-0.4, -0.2) is 58.0 Å². The van der Waals surface area contributed by atoms with Crippen LogP contribution < -0.4 is 10.6 Å². The molecule has 0 atom stereocenters. The first-order valence-corrected chi connectivity index (χ1v) is 13.2. The smallest absolute Gasteiger partial charge is 0.229 e. The number of anilines is 3. The monoisotopic (exact) mass is 499 g/mol. The van der Waals surface area contributed by atoms with Crippen LogP contribution in [-0.2, 0) is 0 Å². The normalized spacial score (nSPS) is 22.1. The fraction of sp³-hybridized carbons (Fsp3) is 0.480. The summed E-state index contributed by atoms with van der Waals surface area (Å²) < 4.78 is 1.02. The van der Waals surface area contributed by atoms with Crippen LogP contribution in [0.3, 0.4) is 0 Å². The second-order valence-electron chi connectivity index (χ2n) is 9.44. The summed E-state index contributed by atoms with van der Waals surface area (Å²) in [7, 11) is 2.09. The Morgan fingerprint density at radius 1 is 1.12 bits per heavy atom. The van der Waals surface area contributed by atoms with Crippen molar-refractivity contribution in [2.24, 2.45) is 5.92 Å². The van der Waals surface area contributed by atoms with Gasteiger partial charge in [0, 0.05) is 23.2 Å². The molecule has 1 saturated heterocycles. The summed E-state index contributed by atoms with van der Waals surface area (Å²) in [6.07, 6.45) is 5.00. The number of nitrogens with zero attached hydrogens (tertiary/aromatic N) is 3. The van der Waals surface area contributed by atoms with Gasteiger partial charge in [0.15, 0.2) is 5.78 Å². The minimum atomic E-state index is -0.193. The molecule has 3 aromatic rings. The number of halogens is 1. The van der Waals surface area contributed by atoms with Crippen molar-refractivity contribution >= 4 is 56.4 Å². The third-order valence-corrected chi connectivity index (χ3v) is 8.14. The van der Waals surface area contributed by atoms with Gasteiger partial charge in [-0.2, -0.15) is 4.98 Å². The largest absolute Gasteiger partial charge is 0.393 e. The van der Waals surface area contributed by atoms with Crippen molar-refractivity contribution in [1.29, 1.82) is 0 Å². The number of rotatable bonds is 6. The molecule has 0 bridgehead atoms. The van der Waals surface area contributed by atoms with Crippen molar-refractivity contribution in [3.8, 4) is 0 Å². The Morgan fingerprint density at radius 2 is 1.88 bits per heavy atom. The minimum absolute atomic E-state index is 0.0337. The molecule has 0 spiro atoms. The summed E-state index contributed by atoms with van der Waals surface area (Å²) in [5.74, 6) is 1.45. The fourth-order valence-electron chi connectivity index (χ4n) is 4.84. The maximum Gasteiger partial charge on any atom is 0.229 e. The molecule has 0 unspecified atom stereocenters. The van der Waals surface area contributed by atoms with Crippen LogP contribution in [0.25, 0.3) is 10.2 Å². The highest BCUT2D eigenvalue weighted by Gasteiger charge is 2.26. The summed E-state index contributed by atoms with van der Waals surface area (Å²) in [6.45, 7) is 1.88. The molecule has 0 radical (unpaired) electrons. The summed E-state index contributed by atoms with van der Waals surface area (Å²) >= 11 is 8.16. The van der Waals surface area contributed by atoms with E-state index in [-0.39, 0.29) is 23.8 Å². The van der Waals surface area contributed by atoms with Crippen LogP contribution in [0.15, 0.2) is 29.6 Å². The highest BCUT2D eigenvalue weighted by Crippen LogP contribution is 2.32. The fourth-order valence-corrected chi connectivity index (χ4v) is 5.90. The van der Waals surface area contributed by atoms with E-state index in [1.807, 2.05) is 17.5 Å². The van der Waals surface area contributed by atoms with Crippen molar-refractivity contribution in [1.82, 2.24) is 14.9 Å². The number of fused-ring (bicyclic) bond motifs is 1. The van der Waals surface area contributed by atoms with Gasteiger partial charge in [-0.15, -0.1) is 11.3 Å². The van der Waals surface area contributed by atoms with Gasteiger partial charge >= 0.3 is 0 Å². The van der Waals surface area contributed by atoms with E-state index in [4.69, 9.17) is 16.6 Å². The molecule has 1 aliphatic carbocycles. The van der Waals surface area contributed by atoms with Gasteiger partial charge in [0.05, 0.1) is 21.3 Å². The molecule has 34 heavy (non-hydrogen) atoms. The van der Waals surface area contributed by atoms with Crippen LogP contribution >= 0.6 is 22.9 Å². The highest BCUT2D eigenvalue weighted by atomic mass is 35.5. The van der Waals surface area contributed by atoms with Gasteiger partial charge in [-0.05, 0) is 88.3 Å². The van der Waals surface area contributed by atoms with Crippen LogP contribution in [0.2, 0.25) is 5.02 Å². The molecule has 5 rings (SSSR count). The number of hydrogen-bond donors (Lipinski definition) is 3. The maximum atomic E-state index is 13.0. The summed E-state index contributed by atoms with van der Waals surface area (Å²) in [5.41, 5.74) is 2.20. The van der Waals surface area contributed by atoms with Crippen molar-refractivity contribution in [3.05, 3.63) is 40.2 Å². The average molecular weight is 500 g/mol. The Morgan fingerprint density at radius 3 is 2.62 bits per heavy atom. The predicted octanol–water partition coefficient (Wildman–Crippen LogP) is 5.33. The number of carbonyl (C=O) groups excluding carboxylic acids is 1. The number of nitrogens with one attached hydrogen (secondary N) is 2. The average Bonchev–Trinajstić information content (AvgIpc) is 3.30. The molecule has 7 nitrogen and oxygen atoms in total. The first-order valence-electron chi connectivity index (χ1n) is 12.0. The van der Waals surface area contributed by atoms with Gasteiger partial charge < -0.3 is 20.6 Å². The van der Waals surface area contributed by atoms with Gasteiger partial charge in [-0.3, -0.25) is 4.79 Å². The van der Waals surface area contributed by atoms with E-state index in [2.05, 4.69) is 27.6 Å². The third-order valence-electron chi connectivity index (χ3n) is 6.92. The van der Waals surface area contributed by atoms with Crippen molar-refractivity contribution in [2.75, 3.05) is 30.8 Å². The quantitative estimate of drug-likeness (QED) is 0.395. The zero-order valence-corrected chi connectivity index (χ0v) is 20.8. The molecule has 180 valence electrons. The predicted molar refractivity (Wildman–Crippen MR) is 139 cm³/mol. The van der Waals surface area contributed by atoms with Gasteiger partial charge in [0.1, 0.15) is 5.82 Å². The highest BCUT2D eigenvalue weighted by molar-refractivity contribution is 7.17. The number of benzene rings is 1. The molecule has 2 aromatic heterocycles. The number of Topliss-reactive ketones (excluding diaryl/α,β-unsaturated/α-hetero) is 1. The van der Waals surface area contributed by atoms with Crippen molar-refractivity contribution in [3.63, 3.8) is 0 Å². The lowest BCUT2D eigenvalue weighted by Gasteiger charge is -2.28. The Kier molecular flexibility index (Phi) is 7.01. The van der Waals surface area contributed by atoms with E-state index in [1.165, 1.54) is 0 Å². The van der Waals surface area contributed by atoms with E-state index in [0.29, 0.717) is 16.5 Å². The van der Waals surface area contributed by atoms with Crippen molar-refractivity contribution < 1.29 is 9.90 Å². The number of ketones is 1. The molecule has 1 aromatic carbocycles. The van der Waals surface area contributed by atoms with E-state index < -0.39 is 0 Å². The molecule has 9 heteroatoms. The van der Waals surface area contributed by atoms with E-state index >= 15 is 0 Å². The lowest BCUT2D eigenvalue weighted by molar-refractivity contribution is 0.0857. The summed E-state index contributed by atoms with van der Waals surface area (Å²) in [6, 6.07) is 7.72. The standard InChI is InChI=1S/C25H30ClN5O2S/c1-31-11-8-15(9-12-31)22(33)19-7-4-17(14-20(19)26)28-25-29-21-10-13-34-23(21)24(30-25)27-16-2-5-18(32)6-3-16/h4,7,10,13-16,18,32H,2-3,5-6,8-9,11-12H2,1H3,(H2,27,28,29,30). The second-order valence-corrected chi connectivity index (χ2v) is 10.8. The van der Waals surface area contributed by atoms with Gasteiger partial charge in [-0.1, -0.05) is 11.6 Å². The van der Waals surface area contributed by atoms with Gasteiger partial charge in [-0.25, -0.2) is 4.98 Å². The number of carbonyl (C=O) groups is 1. The third kappa shape index (κ3) is 5.20. The number of likely N-dealkylation sites (tertiary alicyclic amines) is 1. The molecule has 3 N–H and O–H groups in total. The van der Waals surface area contributed by atoms with Gasteiger partial charge in [0.25, 0.3) is 0 Å². The number of aromatic nitrogens is 2. The number of thiophene rings is 1. The molecular weight excluding hydrogens is 470 g/mol. The van der Waals surface area contributed by atoms with Crippen LogP contribution in [0.4, 0.5) is 17.5 Å². The lowest BCUT2D eigenvalue weighted by Crippen LogP contribution is -2.33. The molecule has 3 heterocycles. The van der Waals surface area contributed by atoms with Crippen LogP contribution in [0.5, 0.6) is 0 Å². The Balaban J connectivity index is 1.33. The number of aliphatic hydroxyl groups is 1. The number of piperidine rings is 1. The molecule has 2 fully saturated rings. The zero-order valence-electron chi connectivity index (χ0n) is 19.3. The number of hydrogen-bond acceptors (Lipinski definition) is 8. The molecule has 2 aliphatic rings. The summed E-state index contributed by atoms with van der Waals surface area (Å²) in [4.78, 5) is 24.7. The topological polar surface area (TPSA) is 90.4 Å². The van der Waals surface area contributed by atoms with Crippen molar-refractivity contribution in [2.45, 2.75) is 50.7 Å². The van der Waals surface area contributed by atoms with E-state index in [0.717, 1.165) is 73.3 Å².